The SMILES string of the molecule is COc1cccc(C(C)NC(=O)COC(=O)c2ccc(C#N)cc2)c1. The number of ether oxygens (including phenoxy) is 2. The molecule has 0 aliphatic rings. The van der Waals surface area contributed by atoms with Gasteiger partial charge in [0.25, 0.3) is 5.91 Å². The number of amides is 1. The molecule has 6 heteroatoms. The summed E-state index contributed by atoms with van der Waals surface area (Å²) in [5, 5.41) is 11.5. The maximum absolute atomic E-state index is 12.0. The van der Waals surface area contributed by atoms with E-state index in [1.807, 2.05) is 37.3 Å². The predicted molar refractivity (Wildman–Crippen MR) is 91.0 cm³/mol. The second-order valence-electron chi connectivity index (χ2n) is 5.33. The van der Waals surface area contributed by atoms with Gasteiger partial charge in [0.15, 0.2) is 6.61 Å². The topological polar surface area (TPSA) is 88.4 Å². The van der Waals surface area contributed by atoms with Gasteiger partial charge < -0.3 is 14.8 Å². The van der Waals surface area contributed by atoms with Crippen LogP contribution in [0.15, 0.2) is 48.5 Å². The Morgan fingerprint density at radius 2 is 1.92 bits per heavy atom. The fourth-order valence-corrected chi connectivity index (χ4v) is 2.17. The molecule has 0 bridgehead atoms. The van der Waals surface area contributed by atoms with Gasteiger partial charge >= 0.3 is 5.97 Å². The van der Waals surface area contributed by atoms with E-state index in [1.54, 1.807) is 7.11 Å². The Morgan fingerprint density at radius 1 is 1.20 bits per heavy atom. The van der Waals surface area contributed by atoms with Crippen molar-refractivity contribution in [3.63, 3.8) is 0 Å². The number of carbonyl (C=O) groups is 2. The lowest BCUT2D eigenvalue weighted by molar-refractivity contribution is -0.124. The highest BCUT2D eigenvalue weighted by Crippen LogP contribution is 2.18. The van der Waals surface area contributed by atoms with Crippen LogP contribution < -0.4 is 10.1 Å². The van der Waals surface area contributed by atoms with Gasteiger partial charge in [-0.25, -0.2) is 4.79 Å². The summed E-state index contributed by atoms with van der Waals surface area (Å²) in [7, 11) is 1.57. The van der Waals surface area contributed by atoms with Crippen LogP contribution in [0.1, 0.15) is 34.5 Å². The summed E-state index contributed by atoms with van der Waals surface area (Å²) in [6, 6.07) is 15.1. The fourth-order valence-electron chi connectivity index (χ4n) is 2.17. The Bertz CT molecular complexity index is 794. The minimum absolute atomic E-state index is 0.254. The van der Waals surface area contributed by atoms with Gasteiger partial charge in [0, 0.05) is 0 Å². The number of methoxy groups -OCH3 is 1. The number of nitrogens with one attached hydrogen (secondary N) is 1. The fraction of sp³-hybridized carbons (Fsp3) is 0.211. The Labute approximate surface area is 146 Å². The van der Waals surface area contributed by atoms with Crippen molar-refractivity contribution < 1.29 is 19.1 Å². The third kappa shape index (κ3) is 5.08. The average molecular weight is 338 g/mol. The highest BCUT2D eigenvalue weighted by atomic mass is 16.5. The van der Waals surface area contributed by atoms with E-state index in [-0.39, 0.29) is 18.2 Å². The molecule has 0 aliphatic carbocycles. The second-order valence-corrected chi connectivity index (χ2v) is 5.33. The Balaban J connectivity index is 1.86. The van der Waals surface area contributed by atoms with E-state index in [1.165, 1.54) is 24.3 Å². The zero-order chi connectivity index (χ0) is 18.2. The molecule has 2 aromatic rings. The van der Waals surface area contributed by atoms with Crippen LogP contribution in [0, 0.1) is 11.3 Å². The van der Waals surface area contributed by atoms with Gasteiger partial charge in [0.2, 0.25) is 0 Å². The van der Waals surface area contributed by atoms with E-state index >= 15 is 0 Å². The molecule has 0 aliphatic heterocycles. The van der Waals surface area contributed by atoms with Gasteiger partial charge in [0.1, 0.15) is 5.75 Å². The zero-order valence-electron chi connectivity index (χ0n) is 14.0. The average Bonchev–Trinajstić information content (AvgIpc) is 2.66. The lowest BCUT2D eigenvalue weighted by atomic mass is 10.1. The summed E-state index contributed by atoms with van der Waals surface area (Å²) >= 11 is 0. The molecule has 2 rings (SSSR count). The van der Waals surface area contributed by atoms with E-state index in [2.05, 4.69) is 5.32 Å². The first-order chi connectivity index (χ1) is 12.0. The van der Waals surface area contributed by atoms with Crippen molar-refractivity contribution in [3.05, 3.63) is 65.2 Å². The molecule has 6 nitrogen and oxygen atoms in total. The Hall–Kier alpha value is -3.33. The van der Waals surface area contributed by atoms with Crippen molar-refractivity contribution in [1.82, 2.24) is 5.32 Å². The minimum Gasteiger partial charge on any atom is -0.497 e. The molecule has 0 saturated carbocycles. The van der Waals surface area contributed by atoms with Crippen LogP contribution in [0.4, 0.5) is 0 Å². The molecular formula is C19H18N2O4. The smallest absolute Gasteiger partial charge is 0.338 e. The summed E-state index contributed by atoms with van der Waals surface area (Å²) in [6.45, 7) is 1.45. The molecule has 0 spiro atoms. The standard InChI is InChI=1S/C19H18N2O4/c1-13(16-4-3-5-17(10-16)24-2)21-18(22)12-25-19(23)15-8-6-14(11-20)7-9-15/h3-10,13H,12H2,1-2H3,(H,21,22). The normalized spacial score (nSPS) is 11.1. The molecule has 0 aromatic heterocycles. The predicted octanol–water partition coefficient (Wildman–Crippen LogP) is 2.60. The van der Waals surface area contributed by atoms with Crippen LogP contribution in [0.3, 0.4) is 0 Å². The molecule has 0 saturated heterocycles. The summed E-state index contributed by atoms with van der Waals surface area (Å²) in [5.41, 5.74) is 1.61. The molecule has 1 unspecified atom stereocenters. The summed E-state index contributed by atoms with van der Waals surface area (Å²) < 4.78 is 10.1. The van der Waals surface area contributed by atoms with Crippen molar-refractivity contribution in [2.75, 3.05) is 13.7 Å². The molecular weight excluding hydrogens is 320 g/mol. The number of hydrogen-bond acceptors (Lipinski definition) is 5. The monoisotopic (exact) mass is 338 g/mol. The number of hydrogen-bond donors (Lipinski definition) is 1. The molecule has 0 fully saturated rings. The Morgan fingerprint density at radius 3 is 2.56 bits per heavy atom. The third-order valence-electron chi connectivity index (χ3n) is 3.56. The third-order valence-corrected chi connectivity index (χ3v) is 3.56. The molecule has 2 aromatic carbocycles. The van der Waals surface area contributed by atoms with E-state index in [9.17, 15) is 9.59 Å². The van der Waals surface area contributed by atoms with Crippen molar-refractivity contribution in [2.24, 2.45) is 0 Å². The number of nitrogens with zero attached hydrogens (tertiary/aromatic N) is 1. The quantitative estimate of drug-likeness (QED) is 0.818. The lowest BCUT2D eigenvalue weighted by Crippen LogP contribution is -2.31. The van der Waals surface area contributed by atoms with Crippen LogP contribution in [0.25, 0.3) is 0 Å². The van der Waals surface area contributed by atoms with E-state index in [4.69, 9.17) is 14.7 Å². The first-order valence-electron chi connectivity index (χ1n) is 7.64. The Kier molecular flexibility index (Phi) is 6.13. The van der Waals surface area contributed by atoms with Gasteiger partial charge in [0.05, 0.1) is 30.3 Å². The van der Waals surface area contributed by atoms with E-state index in [0.29, 0.717) is 11.3 Å². The summed E-state index contributed by atoms with van der Waals surface area (Å²) in [6.07, 6.45) is 0. The first kappa shape index (κ1) is 18.0. The molecule has 1 N–H and O–H groups in total. The molecule has 0 heterocycles. The van der Waals surface area contributed by atoms with Crippen molar-refractivity contribution in [1.29, 1.82) is 5.26 Å². The number of rotatable bonds is 6. The van der Waals surface area contributed by atoms with Crippen molar-refractivity contribution in [3.8, 4) is 11.8 Å². The maximum Gasteiger partial charge on any atom is 0.338 e. The molecule has 1 atom stereocenters. The summed E-state index contributed by atoms with van der Waals surface area (Å²) in [5.74, 6) is -0.322. The second kappa shape index (κ2) is 8.50. The van der Waals surface area contributed by atoms with E-state index < -0.39 is 11.9 Å². The van der Waals surface area contributed by atoms with Gasteiger partial charge in [-0.15, -0.1) is 0 Å². The minimum atomic E-state index is -0.617. The molecule has 1 amide bonds. The highest BCUT2D eigenvalue weighted by Gasteiger charge is 2.13. The van der Waals surface area contributed by atoms with Gasteiger partial charge in [-0.2, -0.15) is 5.26 Å². The van der Waals surface area contributed by atoms with Crippen LogP contribution >= 0.6 is 0 Å². The largest absolute Gasteiger partial charge is 0.497 e. The van der Waals surface area contributed by atoms with Crippen LogP contribution in [-0.2, 0) is 9.53 Å². The van der Waals surface area contributed by atoms with E-state index in [0.717, 1.165) is 5.56 Å². The first-order valence-corrected chi connectivity index (χ1v) is 7.64. The molecule has 128 valence electrons. The zero-order valence-corrected chi connectivity index (χ0v) is 14.0. The van der Waals surface area contributed by atoms with Crippen molar-refractivity contribution >= 4 is 11.9 Å². The van der Waals surface area contributed by atoms with Gasteiger partial charge in [-0.1, -0.05) is 12.1 Å². The number of benzene rings is 2. The highest BCUT2D eigenvalue weighted by molar-refractivity contribution is 5.91. The van der Waals surface area contributed by atoms with Gasteiger partial charge in [-0.05, 0) is 48.9 Å². The van der Waals surface area contributed by atoms with Gasteiger partial charge in [-0.3, -0.25) is 4.79 Å². The van der Waals surface area contributed by atoms with Crippen LogP contribution in [0.2, 0.25) is 0 Å². The number of carbonyl (C=O) groups excluding carboxylic acids is 2. The molecule has 0 radical (unpaired) electrons. The lowest BCUT2D eigenvalue weighted by Gasteiger charge is -2.15. The van der Waals surface area contributed by atoms with Crippen LogP contribution in [0.5, 0.6) is 5.75 Å². The van der Waals surface area contributed by atoms with Crippen molar-refractivity contribution in [2.45, 2.75) is 13.0 Å². The number of esters is 1. The maximum atomic E-state index is 12.0. The van der Waals surface area contributed by atoms with Crippen LogP contribution in [-0.4, -0.2) is 25.6 Å². The number of nitriles is 1. The molecule has 25 heavy (non-hydrogen) atoms. The summed E-state index contributed by atoms with van der Waals surface area (Å²) in [4.78, 5) is 23.8.